The van der Waals surface area contributed by atoms with Crippen LogP contribution < -0.4 is 24.8 Å². The smallest absolute Gasteiger partial charge is 0.308 e. The van der Waals surface area contributed by atoms with Gasteiger partial charge in [0.2, 0.25) is 24.4 Å². The van der Waals surface area contributed by atoms with Crippen molar-refractivity contribution in [1.29, 1.82) is 0 Å². The lowest BCUT2D eigenvalue weighted by molar-refractivity contribution is -0.143. The van der Waals surface area contributed by atoms with Gasteiger partial charge in [-0.05, 0) is 61.1 Å². The zero-order valence-corrected chi connectivity index (χ0v) is 25.7. The summed E-state index contributed by atoms with van der Waals surface area (Å²) in [6, 6.07) is 10.9. The Labute approximate surface area is 258 Å². The number of anilines is 1. The van der Waals surface area contributed by atoms with Gasteiger partial charge in [0.25, 0.3) is 0 Å². The molecule has 3 aliphatic heterocycles. The molecule has 0 aromatic heterocycles. The van der Waals surface area contributed by atoms with Gasteiger partial charge < -0.3 is 34.9 Å². The Morgan fingerprint density at radius 1 is 1.18 bits per heavy atom. The number of rotatable bonds is 13. The number of carbonyl (C=O) groups excluding carboxylic acids is 2. The third-order valence-electron chi connectivity index (χ3n) is 9.09. The molecule has 0 bridgehead atoms. The number of hydrogen-bond donors (Lipinski definition) is 2. The summed E-state index contributed by atoms with van der Waals surface area (Å²) in [5.41, 5.74) is 8.37. The maximum Gasteiger partial charge on any atom is 0.308 e. The Bertz CT molecular complexity index is 1350. The number of likely N-dealkylation sites (tertiary alicyclic amines) is 2. The number of carboxylic acids is 1. The molecule has 0 aliphatic carbocycles. The van der Waals surface area contributed by atoms with Gasteiger partial charge in [-0.2, -0.15) is 0 Å². The standard InChI is InChI=1S/C33H44N4O7/c1-3-4-13-37(24-9-7-8-22(15-24)18-34)30(39)20-36-19-25(23-16-27(42-2)32-28(17-23)43-21-44-32)31(33(40)41)26(36)11-14-35-12-6-5-10-29(35)38/h7-9,15-17,25-26,31H,3-6,10-14,18-21,34H2,1-2H3,(H,40,41)/t25-,26+,31?/m1/s1. The van der Waals surface area contributed by atoms with Gasteiger partial charge in [-0.3, -0.25) is 19.3 Å². The van der Waals surface area contributed by atoms with Gasteiger partial charge in [0.1, 0.15) is 0 Å². The van der Waals surface area contributed by atoms with Crippen molar-refractivity contribution in [1.82, 2.24) is 9.80 Å². The second kappa shape index (κ2) is 14.3. The lowest BCUT2D eigenvalue weighted by Crippen LogP contribution is -2.46. The Morgan fingerprint density at radius 3 is 2.75 bits per heavy atom. The number of benzene rings is 2. The van der Waals surface area contributed by atoms with Crippen molar-refractivity contribution in [2.75, 3.05) is 51.5 Å². The molecule has 238 valence electrons. The molecule has 1 unspecified atom stereocenters. The van der Waals surface area contributed by atoms with Crippen LogP contribution in [0, 0.1) is 5.92 Å². The summed E-state index contributed by atoms with van der Waals surface area (Å²) in [6.45, 7) is 4.60. The molecule has 2 aromatic rings. The van der Waals surface area contributed by atoms with Crippen molar-refractivity contribution < 1.29 is 33.7 Å². The van der Waals surface area contributed by atoms with E-state index in [1.807, 2.05) is 46.2 Å². The molecular weight excluding hydrogens is 564 g/mol. The lowest BCUT2D eigenvalue weighted by atomic mass is 9.84. The quantitative estimate of drug-likeness (QED) is 0.350. The molecular formula is C33H44N4O7. The number of unbranched alkanes of at least 4 members (excludes halogenated alkanes) is 1. The van der Waals surface area contributed by atoms with Crippen LogP contribution in [0.25, 0.3) is 0 Å². The van der Waals surface area contributed by atoms with Crippen molar-refractivity contribution in [2.45, 2.75) is 64.0 Å². The van der Waals surface area contributed by atoms with E-state index in [9.17, 15) is 19.5 Å². The number of nitrogens with zero attached hydrogens (tertiary/aromatic N) is 3. The minimum Gasteiger partial charge on any atom is -0.493 e. The number of carboxylic acid groups (broad SMARTS) is 1. The highest BCUT2D eigenvalue weighted by atomic mass is 16.7. The largest absolute Gasteiger partial charge is 0.493 e. The second-order valence-corrected chi connectivity index (χ2v) is 11.8. The van der Waals surface area contributed by atoms with Crippen molar-refractivity contribution in [3.63, 3.8) is 0 Å². The van der Waals surface area contributed by atoms with Gasteiger partial charge in [-0.1, -0.05) is 25.5 Å². The highest BCUT2D eigenvalue weighted by Gasteiger charge is 2.48. The number of piperidine rings is 1. The van der Waals surface area contributed by atoms with E-state index in [1.54, 1.807) is 12.0 Å². The van der Waals surface area contributed by atoms with Gasteiger partial charge in [-0.15, -0.1) is 0 Å². The van der Waals surface area contributed by atoms with E-state index >= 15 is 0 Å². The summed E-state index contributed by atoms with van der Waals surface area (Å²) in [7, 11) is 1.54. The molecule has 0 spiro atoms. The minimum absolute atomic E-state index is 0.0527. The summed E-state index contributed by atoms with van der Waals surface area (Å²) in [5, 5.41) is 10.6. The Balaban J connectivity index is 1.46. The number of nitrogens with two attached hydrogens (primary N) is 1. The highest BCUT2D eigenvalue weighted by Crippen LogP contribution is 2.47. The molecule has 0 radical (unpaired) electrons. The van der Waals surface area contributed by atoms with E-state index in [-0.39, 0.29) is 25.2 Å². The fourth-order valence-electron chi connectivity index (χ4n) is 6.76. The number of amides is 2. The van der Waals surface area contributed by atoms with Crippen LogP contribution in [-0.2, 0) is 20.9 Å². The van der Waals surface area contributed by atoms with Gasteiger partial charge in [0, 0.05) is 56.8 Å². The number of ether oxygens (including phenoxy) is 3. The summed E-state index contributed by atoms with van der Waals surface area (Å²) in [4.78, 5) is 45.3. The molecule has 5 rings (SSSR count). The third-order valence-corrected chi connectivity index (χ3v) is 9.09. The average Bonchev–Trinajstić information content (AvgIpc) is 3.65. The van der Waals surface area contributed by atoms with E-state index in [4.69, 9.17) is 19.9 Å². The fourth-order valence-corrected chi connectivity index (χ4v) is 6.76. The van der Waals surface area contributed by atoms with E-state index in [2.05, 4.69) is 6.92 Å². The predicted molar refractivity (Wildman–Crippen MR) is 165 cm³/mol. The first-order valence-corrected chi connectivity index (χ1v) is 15.7. The number of fused-ring (bicyclic) bond motifs is 1. The molecule has 44 heavy (non-hydrogen) atoms. The van der Waals surface area contributed by atoms with Gasteiger partial charge >= 0.3 is 5.97 Å². The maximum absolute atomic E-state index is 14.1. The van der Waals surface area contributed by atoms with Crippen LogP contribution in [-0.4, -0.2) is 85.4 Å². The molecule has 3 heterocycles. The van der Waals surface area contributed by atoms with Gasteiger partial charge in [0.15, 0.2) is 11.5 Å². The highest BCUT2D eigenvalue weighted by molar-refractivity contribution is 5.95. The predicted octanol–water partition coefficient (Wildman–Crippen LogP) is 3.59. The molecule has 2 amide bonds. The topological polar surface area (TPSA) is 135 Å². The Morgan fingerprint density at radius 2 is 2.02 bits per heavy atom. The first-order chi connectivity index (χ1) is 21.3. The number of aliphatic carboxylic acids is 1. The first kappa shape index (κ1) is 31.6. The average molecular weight is 609 g/mol. The summed E-state index contributed by atoms with van der Waals surface area (Å²) in [6.07, 6.45) is 4.54. The fraction of sp³-hybridized carbons (Fsp3) is 0.545. The van der Waals surface area contributed by atoms with Crippen LogP contribution in [0.1, 0.15) is 62.5 Å². The first-order valence-electron chi connectivity index (χ1n) is 15.7. The van der Waals surface area contributed by atoms with Crippen molar-refractivity contribution >= 4 is 23.5 Å². The summed E-state index contributed by atoms with van der Waals surface area (Å²) < 4.78 is 16.8. The number of hydrogen-bond acceptors (Lipinski definition) is 8. The van der Waals surface area contributed by atoms with Crippen LogP contribution in [0.2, 0.25) is 0 Å². The normalized spacial score (nSPS) is 21.5. The molecule has 11 heteroatoms. The van der Waals surface area contributed by atoms with E-state index in [1.165, 1.54) is 0 Å². The van der Waals surface area contributed by atoms with Crippen LogP contribution in [0.3, 0.4) is 0 Å². The number of carbonyl (C=O) groups is 3. The van der Waals surface area contributed by atoms with Gasteiger partial charge in [0.05, 0.1) is 19.6 Å². The third kappa shape index (κ3) is 6.78. The van der Waals surface area contributed by atoms with Crippen molar-refractivity contribution in [2.24, 2.45) is 11.7 Å². The van der Waals surface area contributed by atoms with Crippen LogP contribution in [0.4, 0.5) is 5.69 Å². The second-order valence-electron chi connectivity index (χ2n) is 11.8. The maximum atomic E-state index is 14.1. The number of methoxy groups -OCH3 is 1. The van der Waals surface area contributed by atoms with Crippen molar-refractivity contribution in [3.05, 3.63) is 47.5 Å². The molecule has 11 nitrogen and oxygen atoms in total. The molecule has 3 atom stereocenters. The molecule has 0 saturated carbocycles. The zero-order valence-electron chi connectivity index (χ0n) is 25.7. The minimum atomic E-state index is -0.935. The van der Waals surface area contributed by atoms with Crippen molar-refractivity contribution in [3.8, 4) is 17.2 Å². The van der Waals surface area contributed by atoms with E-state index in [0.29, 0.717) is 62.8 Å². The SMILES string of the molecule is CCCCN(C(=O)CN1C[C@H](c2cc(OC)c3c(c2)OCO3)C(C(=O)O)[C@@H]1CCN1CCCCC1=O)c1cccc(CN)c1. The summed E-state index contributed by atoms with van der Waals surface area (Å²) >= 11 is 0. The molecule has 2 saturated heterocycles. The Kier molecular flexibility index (Phi) is 10.3. The van der Waals surface area contributed by atoms with Crippen LogP contribution in [0.15, 0.2) is 36.4 Å². The molecule has 2 fully saturated rings. The van der Waals surface area contributed by atoms with Crippen LogP contribution in [0.5, 0.6) is 17.2 Å². The summed E-state index contributed by atoms with van der Waals surface area (Å²) in [5.74, 6) is -0.679. The molecule has 3 N–H and O–H groups in total. The molecule has 3 aliphatic rings. The van der Waals surface area contributed by atoms with E-state index in [0.717, 1.165) is 42.5 Å². The monoisotopic (exact) mass is 608 g/mol. The zero-order chi connectivity index (χ0) is 31.2. The Hall–Kier alpha value is -3.83. The van der Waals surface area contributed by atoms with Crippen LogP contribution >= 0.6 is 0 Å². The molecule has 2 aromatic carbocycles. The van der Waals surface area contributed by atoms with E-state index < -0.39 is 23.8 Å². The lowest BCUT2D eigenvalue weighted by Gasteiger charge is -2.32. The van der Waals surface area contributed by atoms with Gasteiger partial charge in [-0.25, -0.2) is 0 Å².